The Labute approximate surface area is 123 Å². The predicted octanol–water partition coefficient (Wildman–Crippen LogP) is 2.84. The third kappa shape index (κ3) is 2.50. The predicted molar refractivity (Wildman–Crippen MR) is 83.2 cm³/mol. The highest BCUT2D eigenvalue weighted by atomic mass is 15.5. The van der Waals surface area contributed by atoms with Crippen molar-refractivity contribution in [3.8, 4) is 17.1 Å². The second-order valence-electron chi connectivity index (χ2n) is 5.33. The molecule has 0 unspecified atom stereocenters. The van der Waals surface area contributed by atoms with Crippen LogP contribution in [0.1, 0.15) is 16.7 Å². The van der Waals surface area contributed by atoms with Gasteiger partial charge in [-0.3, -0.25) is 0 Å². The molecule has 0 aliphatic rings. The van der Waals surface area contributed by atoms with Crippen LogP contribution in [0, 0.1) is 20.8 Å². The van der Waals surface area contributed by atoms with Gasteiger partial charge in [-0.1, -0.05) is 12.1 Å². The van der Waals surface area contributed by atoms with Crippen LogP contribution in [0.15, 0.2) is 36.4 Å². The highest BCUT2D eigenvalue weighted by Gasteiger charge is 2.13. The molecule has 0 radical (unpaired) electrons. The topological polar surface area (TPSA) is 69.6 Å². The molecule has 106 valence electrons. The SMILES string of the molecule is Cc1cc(C)cc(-n2nnnc2-c2cc(N)ccc2C)c1. The standard InChI is InChI=1S/C16H17N5/c1-10-6-11(2)8-14(7-10)21-16(18-19-20-21)15-9-13(17)5-4-12(15)3/h4-9H,17H2,1-3H3. The molecule has 0 aliphatic heterocycles. The maximum absolute atomic E-state index is 5.89. The second kappa shape index (κ2) is 5.01. The van der Waals surface area contributed by atoms with Crippen LogP contribution in [0.2, 0.25) is 0 Å². The van der Waals surface area contributed by atoms with Crippen LogP contribution >= 0.6 is 0 Å². The van der Waals surface area contributed by atoms with Crippen molar-refractivity contribution in [1.82, 2.24) is 20.2 Å². The van der Waals surface area contributed by atoms with E-state index in [9.17, 15) is 0 Å². The molecular weight excluding hydrogens is 262 g/mol. The first-order valence-corrected chi connectivity index (χ1v) is 6.78. The molecule has 0 saturated heterocycles. The first kappa shape index (κ1) is 13.3. The number of hydrogen-bond donors (Lipinski definition) is 1. The second-order valence-corrected chi connectivity index (χ2v) is 5.33. The van der Waals surface area contributed by atoms with E-state index in [0.29, 0.717) is 11.5 Å². The normalized spacial score (nSPS) is 10.8. The fourth-order valence-corrected chi connectivity index (χ4v) is 2.48. The van der Waals surface area contributed by atoms with Gasteiger partial charge < -0.3 is 5.73 Å². The summed E-state index contributed by atoms with van der Waals surface area (Å²) >= 11 is 0. The van der Waals surface area contributed by atoms with Gasteiger partial charge in [-0.25, -0.2) is 0 Å². The number of benzene rings is 2. The van der Waals surface area contributed by atoms with Gasteiger partial charge in [0.2, 0.25) is 0 Å². The number of nitrogens with two attached hydrogens (primary N) is 1. The summed E-state index contributed by atoms with van der Waals surface area (Å²) in [7, 11) is 0. The van der Waals surface area contributed by atoms with Crippen LogP contribution < -0.4 is 5.73 Å². The van der Waals surface area contributed by atoms with E-state index < -0.39 is 0 Å². The summed E-state index contributed by atoms with van der Waals surface area (Å²) in [6.45, 7) is 6.15. The van der Waals surface area contributed by atoms with Gasteiger partial charge in [-0.2, -0.15) is 4.68 Å². The highest BCUT2D eigenvalue weighted by Crippen LogP contribution is 2.25. The molecule has 0 aliphatic carbocycles. The fraction of sp³-hybridized carbons (Fsp3) is 0.188. The molecule has 1 heterocycles. The molecule has 21 heavy (non-hydrogen) atoms. The number of nitrogens with zero attached hydrogens (tertiary/aromatic N) is 4. The molecule has 3 aromatic rings. The fourth-order valence-electron chi connectivity index (χ4n) is 2.48. The number of aromatic nitrogens is 4. The average molecular weight is 279 g/mol. The van der Waals surface area contributed by atoms with Crippen LogP contribution in [-0.4, -0.2) is 20.2 Å². The minimum absolute atomic E-state index is 0.699. The third-order valence-electron chi connectivity index (χ3n) is 3.42. The zero-order chi connectivity index (χ0) is 15.0. The number of tetrazole rings is 1. The van der Waals surface area contributed by atoms with Crippen molar-refractivity contribution >= 4 is 5.69 Å². The van der Waals surface area contributed by atoms with Crippen molar-refractivity contribution in [1.29, 1.82) is 0 Å². The molecule has 5 heteroatoms. The maximum atomic E-state index is 5.89. The Morgan fingerprint density at radius 3 is 2.38 bits per heavy atom. The van der Waals surface area contributed by atoms with Crippen LogP contribution in [0.4, 0.5) is 5.69 Å². The summed E-state index contributed by atoms with van der Waals surface area (Å²) in [4.78, 5) is 0. The number of nitrogen functional groups attached to an aromatic ring is 1. The molecule has 2 aromatic carbocycles. The zero-order valence-corrected chi connectivity index (χ0v) is 12.3. The van der Waals surface area contributed by atoms with E-state index in [4.69, 9.17) is 5.73 Å². The van der Waals surface area contributed by atoms with Crippen molar-refractivity contribution in [3.05, 3.63) is 53.1 Å². The number of hydrogen-bond acceptors (Lipinski definition) is 4. The quantitative estimate of drug-likeness (QED) is 0.732. The van der Waals surface area contributed by atoms with E-state index >= 15 is 0 Å². The Hall–Kier alpha value is -2.69. The number of rotatable bonds is 2. The lowest BCUT2D eigenvalue weighted by molar-refractivity contribution is 0.790. The third-order valence-corrected chi connectivity index (χ3v) is 3.42. The maximum Gasteiger partial charge on any atom is 0.187 e. The minimum atomic E-state index is 0.699. The van der Waals surface area contributed by atoms with Crippen LogP contribution in [0.5, 0.6) is 0 Å². The Balaban J connectivity index is 2.19. The average Bonchev–Trinajstić information content (AvgIpc) is 2.89. The van der Waals surface area contributed by atoms with Crippen LogP contribution in [0.25, 0.3) is 17.1 Å². The Kier molecular flexibility index (Phi) is 3.17. The summed E-state index contributed by atoms with van der Waals surface area (Å²) < 4.78 is 1.75. The summed E-state index contributed by atoms with van der Waals surface area (Å²) in [6, 6.07) is 12.0. The lowest BCUT2D eigenvalue weighted by Crippen LogP contribution is -2.02. The monoisotopic (exact) mass is 279 g/mol. The van der Waals surface area contributed by atoms with Crippen molar-refractivity contribution in [2.24, 2.45) is 0 Å². The Bertz CT molecular complexity index is 784. The minimum Gasteiger partial charge on any atom is -0.399 e. The molecule has 0 spiro atoms. The molecule has 0 bridgehead atoms. The number of aryl methyl sites for hydroxylation is 3. The molecule has 1 aromatic heterocycles. The molecule has 0 fully saturated rings. The first-order chi connectivity index (χ1) is 10.0. The van der Waals surface area contributed by atoms with E-state index in [1.54, 1.807) is 4.68 Å². The van der Waals surface area contributed by atoms with Gasteiger partial charge in [0.1, 0.15) is 0 Å². The molecule has 3 rings (SSSR count). The highest BCUT2D eigenvalue weighted by molar-refractivity contribution is 5.66. The summed E-state index contributed by atoms with van der Waals surface area (Å²) in [5, 5.41) is 12.1. The van der Waals surface area contributed by atoms with E-state index in [2.05, 4.69) is 47.6 Å². The van der Waals surface area contributed by atoms with Gasteiger partial charge in [0, 0.05) is 11.3 Å². The van der Waals surface area contributed by atoms with E-state index in [-0.39, 0.29) is 0 Å². The molecule has 0 saturated carbocycles. The Morgan fingerprint density at radius 1 is 0.952 bits per heavy atom. The number of anilines is 1. The van der Waals surface area contributed by atoms with E-state index in [0.717, 1.165) is 16.8 Å². The molecular formula is C16H17N5. The lowest BCUT2D eigenvalue weighted by atomic mass is 10.1. The largest absolute Gasteiger partial charge is 0.399 e. The van der Waals surface area contributed by atoms with Gasteiger partial charge in [0.05, 0.1) is 5.69 Å². The van der Waals surface area contributed by atoms with Crippen LogP contribution in [-0.2, 0) is 0 Å². The van der Waals surface area contributed by atoms with Crippen molar-refractivity contribution in [2.45, 2.75) is 20.8 Å². The van der Waals surface area contributed by atoms with Crippen LogP contribution in [0.3, 0.4) is 0 Å². The molecule has 0 atom stereocenters. The molecule has 5 nitrogen and oxygen atoms in total. The van der Waals surface area contributed by atoms with Gasteiger partial charge >= 0.3 is 0 Å². The summed E-state index contributed by atoms with van der Waals surface area (Å²) in [5.41, 5.74) is 11.9. The Morgan fingerprint density at radius 2 is 1.67 bits per heavy atom. The molecule has 2 N–H and O–H groups in total. The van der Waals surface area contributed by atoms with Gasteiger partial charge in [0.25, 0.3) is 0 Å². The van der Waals surface area contributed by atoms with E-state index in [1.165, 1.54) is 11.1 Å². The van der Waals surface area contributed by atoms with Gasteiger partial charge in [-0.05, 0) is 72.2 Å². The van der Waals surface area contributed by atoms with Crippen molar-refractivity contribution < 1.29 is 0 Å². The van der Waals surface area contributed by atoms with E-state index in [1.807, 2.05) is 25.1 Å². The lowest BCUT2D eigenvalue weighted by Gasteiger charge is -2.09. The van der Waals surface area contributed by atoms with Gasteiger partial charge in [0.15, 0.2) is 5.82 Å². The first-order valence-electron chi connectivity index (χ1n) is 6.78. The summed E-state index contributed by atoms with van der Waals surface area (Å²) in [5.74, 6) is 0.699. The summed E-state index contributed by atoms with van der Waals surface area (Å²) in [6.07, 6.45) is 0. The zero-order valence-electron chi connectivity index (χ0n) is 12.3. The van der Waals surface area contributed by atoms with Crippen molar-refractivity contribution in [2.75, 3.05) is 5.73 Å². The van der Waals surface area contributed by atoms with Crippen molar-refractivity contribution in [3.63, 3.8) is 0 Å². The van der Waals surface area contributed by atoms with Gasteiger partial charge in [-0.15, -0.1) is 5.10 Å². The molecule has 0 amide bonds. The smallest absolute Gasteiger partial charge is 0.187 e.